The van der Waals surface area contributed by atoms with E-state index in [2.05, 4.69) is 10.6 Å². The van der Waals surface area contributed by atoms with Crippen molar-refractivity contribution in [3.8, 4) is 0 Å². The SMILES string of the molecule is O=C(NCc1ccccc1Cl)NC1(C(=O)O)CCCCC1. The fraction of sp³-hybridized carbons (Fsp3) is 0.467. The van der Waals surface area contributed by atoms with E-state index in [1.807, 2.05) is 18.2 Å². The van der Waals surface area contributed by atoms with Crippen LogP contribution in [0.5, 0.6) is 0 Å². The monoisotopic (exact) mass is 310 g/mol. The van der Waals surface area contributed by atoms with E-state index in [1.165, 1.54) is 0 Å². The van der Waals surface area contributed by atoms with Gasteiger partial charge in [0.15, 0.2) is 0 Å². The number of rotatable bonds is 4. The van der Waals surface area contributed by atoms with E-state index >= 15 is 0 Å². The molecule has 1 aromatic rings. The molecule has 2 rings (SSSR count). The van der Waals surface area contributed by atoms with Crippen molar-refractivity contribution in [3.63, 3.8) is 0 Å². The Labute approximate surface area is 128 Å². The molecule has 6 heteroatoms. The molecule has 114 valence electrons. The van der Waals surface area contributed by atoms with Gasteiger partial charge in [-0.05, 0) is 24.5 Å². The fourth-order valence-corrected chi connectivity index (χ4v) is 2.83. The van der Waals surface area contributed by atoms with Gasteiger partial charge in [0, 0.05) is 11.6 Å². The van der Waals surface area contributed by atoms with Crippen LogP contribution in [0.1, 0.15) is 37.7 Å². The van der Waals surface area contributed by atoms with Crippen molar-refractivity contribution in [1.82, 2.24) is 10.6 Å². The quantitative estimate of drug-likeness (QED) is 0.800. The highest BCUT2D eigenvalue weighted by atomic mass is 35.5. The molecule has 0 spiro atoms. The van der Waals surface area contributed by atoms with Crippen LogP contribution in [-0.2, 0) is 11.3 Å². The predicted octanol–water partition coefficient (Wildman–Crippen LogP) is 2.93. The molecule has 0 aromatic heterocycles. The first-order valence-corrected chi connectivity index (χ1v) is 7.44. The number of aliphatic carboxylic acids is 1. The van der Waals surface area contributed by atoms with Crippen molar-refractivity contribution in [1.29, 1.82) is 0 Å². The zero-order valence-corrected chi connectivity index (χ0v) is 12.4. The molecule has 0 bridgehead atoms. The minimum atomic E-state index is -1.14. The molecule has 0 aliphatic heterocycles. The fourth-order valence-electron chi connectivity index (χ4n) is 2.63. The number of benzene rings is 1. The minimum absolute atomic E-state index is 0.265. The Morgan fingerprint density at radius 3 is 2.48 bits per heavy atom. The van der Waals surface area contributed by atoms with Gasteiger partial charge in [0.25, 0.3) is 0 Å². The zero-order valence-electron chi connectivity index (χ0n) is 11.7. The highest BCUT2D eigenvalue weighted by Crippen LogP contribution is 2.28. The molecule has 2 amide bonds. The van der Waals surface area contributed by atoms with Gasteiger partial charge in [-0.15, -0.1) is 0 Å². The van der Waals surface area contributed by atoms with E-state index in [0.29, 0.717) is 17.9 Å². The van der Waals surface area contributed by atoms with Gasteiger partial charge in [-0.3, -0.25) is 0 Å². The van der Waals surface area contributed by atoms with Crippen LogP contribution in [-0.4, -0.2) is 22.6 Å². The Hall–Kier alpha value is -1.75. The third kappa shape index (κ3) is 3.88. The summed E-state index contributed by atoms with van der Waals surface area (Å²) < 4.78 is 0. The molecule has 1 fully saturated rings. The molecule has 1 saturated carbocycles. The summed E-state index contributed by atoms with van der Waals surface area (Å²) in [4.78, 5) is 23.5. The van der Waals surface area contributed by atoms with E-state index in [4.69, 9.17) is 11.6 Å². The topological polar surface area (TPSA) is 78.4 Å². The summed E-state index contributed by atoms with van der Waals surface area (Å²) in [5.41, 5.74) is -0.342. The number of hydrogen-bond acceptors (Lipinski definition) is 2. The first-order chi connectivity index (χ1) is 10.0. The number of carbonyl (C=O) groups is 2. The van der Waals surface area contributed by atoms with Gasteiger partial charge in [-0.25, -0.2) is 9.59 Å². The lowest BCUT2D eigenvalue weighted by Gasteiger charge is -2.33. The second-order valence-corrected chi connectivity index (χ2v) is 5.75. The number of halogens is 1. The van der Waals surface area contributed by atoms with Crippen molar-refractivity contribution in [2.24, 2.45) is 0 Å². The lowest BCUT2D eigenvalue weighted by Crippen LogP contribution is -2.57. The number of carboxylic acids is 1. The van der Waals surface area contributed by atoms with Gasteiger partial charge in [0.1, 0.15) is 5.54 Å². The molecule has 0 saturated heterocycles. The second-order valence-electron chi connectivity index (χ2n) is 5.35. The molecular weight excluding hydrogens is 292 g/mol. The number of urea groups is 1. The first-order valence-electron chi connectivity index (χ1n) is 7.06. The molecule has 1 aliphatic carbocycles. The largest absolute Gasteiger partial charge is 0.480 e. The Bertz CT molecular complexity index is 527. The molecular formula is C15H19ClN2O3. The molecule has 21 heavy (non-hydrogen) atoms. The first kappa shape index (κ1) is 15.6. The van der Waals surface area contributed by atoms with Crippen LogP contribution in [0.2, 0.25) is 5.02 Å². The van der Waals surface area contributed by atoms with E-state index in [0.717, 1.165) is 24.8 Å². The zero-order chi connectivity index (χ0) is 15.3. The summed E-state index contributed by atoms with van der Waals surface area (Å²) in [5.74, 6) is -0.963. The smallest absolute Gasteiger partial charge is 0.329 e. The van der Waals surface area contributed by atoms with Crippen LogP contribution in [0.25, 0.3) is 0 Å². The van der Waals surface area contributed by atoms with Crippen molar-refractivity contribution < 1.29 is 14.7 Å². The van der Waals surface area contributed by atoms with Gasteiger partial charge in [0.2, 0.25) is 0 Å². The van der Waals surface area contributed by atoms with Crippen LogP contribution >= 0.6 is 11.6 Å². The van der Waals surface area contributed by atoms with Crippen LogP contribution in [0.15, 0.2) is 24.3 Å². The lowest BCUT2D eigenvalue weighted by molar-refractivity contribution is -0.145. The maximum atomic E-state index is 12.0. The Morgan fingerprint density at radius 1 is 1.19 bits per heavy atom. The highest BCUT2D eigenvalue weighted by Gasteiger charge is 2.40. The van der Waals surface area contributed by atoms with Crippen molar-refractivity contribution in [3.05, 3.63) is 34.9 Å². The van der Waals surface area contributed by atoms with E-state index < -0.39 is 17.5 Å². The summed E-state index contributed by atoms with van der Waals surface area (Å²) in [6.45, 7) is 0.265. The van der Waals surface area contributed by atoms with Gasteiger partial charge in [-0.2, -0.15) is 0 Å². The Kier molecular flexibility index (Phi) is 5.07. The third-order valence-corrected chi connectivity index (χ3v) is 4.24. The van der Waals surface area contributed by atoms with Gasteiger partial charge in [0.05, 0.1) is 0 Å². The van der Waals surface area contributed by atoms with Gasteiger partial charge < -0.3 is 15.7 Å². The molecule has 3 N–H and O–H groups in total. The number of carbonyl (C=O) groups excluding carboxylic acids is 1. The average Bonchev–Trinajstić information content (AvgIpc) is 2.47. The molecule has 0 radical (unpaired) electrons. The molecule has 0 unspecified atom stereocenters. The second kappa shape index (κ2) is 6.80. The van der Waals surface area contributed by atoms with E-state index in [9.17, 15) is 14.7 Å². The number of hydrogen-bond donors (Lipinski definition) is 3. The Balaban J connectivity index is 1.94. The van der Waals surface area contributed by atoms with Gasteiger partial charge in [-0.1, -0.05) is 49.1 Å². The summed E-state index contributed by atoms with van der Waals surface area (Å²) in [6, 6.07) is 6.74. The molecule has 0 heterocycles. The summed E-state index contributed by atoms with van der Waals surface area (Å²) in [6.07, 6.45) is 3.59. The van der Waals surface area contributed by atoms with E-state index in [1.54, 1.807) is 6.07 Å². The summed E-state index contributed by atoms with van der Waals surface area (Å²) in [7, 11) is 0. The van der Waals surface area contributed by atoms with Crippen LogP contribution in [0, 0.1) is 0 Å². The standard InChI is InChI=1S/C15H19ClN2O3/c16-12-7-3-2-6-11(12)10-17-14(21)18-15(13(19)20)8-4-1-5-9-15/h2-3,6-7H,1,4-5,8-10H2,(H,19,20)(H2,17,18,21). The van der Waals surface area contributed by atoms with Crippen molar-refractivity contribution in [2.45, 2.75) is 44.2 Å². The maximum Gasteiger partial charge on any atom is 0.329 e. The molecule has 5 nitrogen and oxygen atoms in total. The minimum Gasteiger partial charge on any atom is -0.480 e. The van der Waals surface area contributed by atoms with Crippen molar-refractivity contribution in [2.75, 3.05) is 0 Å². The normalized spacial score (nSPS) is 17.0. The van der Waals surface area contributed by atoms with Crippen LogP contribution in [0.4, 0.5) is 4.79 Å². The maximum absolute atomic E-state index is 12.0. The number of nitrogens with one attached hydrogen (secondary N) is 2. The van der Waals surface area contributed by atoms with Crippen molar-refractivity contribution >= 4 is 23.6 Å². The lowest BCUT2D eigenvalue weighted by atomic mass is 9.82. The summed E-state index contributed by atoms with van der Waals surface area (Å²) >= 11 is 6.01. The Morgan fingerprint density at radius 2 is 1.86 bits per heavy atom. The third-order valence-electron chi connectivity index (χ3n) is 3.87. The molecule has 0 atom stereocenters. The highest BCUT2D eigenvalue weighted by molar-refractivity contribution is 6.31. The molecule has 1 aromatic carbocycles. The average molecular weight is 311 g/mol. The predicted molar refractivity (Wildman–Crippen MR) is 80.3 cm³/mol. The number of amides is 2. The van der Waals surface area contributed by atoms with Crippen LogP contribution in [0.3, 0.4) is 0 Å². The van der Waals surface area contributed by atoms with Crippen LogP contribution < -0.4 is 10.6 Å². The number of carboxylic acid groups (broad SMARTS) is 1. The summed E-state index contributed by atoms with van der Waals surface area (Å²) in [5, 5.41) is 15.3. The van der Waals surface area contributed by atoms with E-state index in [-0.39, 0.29) is 6.54 Å². The van der Waals surface area contributed by atoms with Gasteiger partial charge >= 0.3 is 12.0 Å². The molecule has 1 aliphatic rings.